The van der Waals surface area contributed by atoms with E-state index in [4.69, 9.17) is 5.73 Å². The van der Waals surface area contributed by atoms with Crippen LogP contribution in [0.5, 0.6) is 0 Å². The summed E-state index contributed by atoms with van der Waals surface area (Å²) >= 11 is 3.11. The van der Waals surface area contributed by atoms with E-state index in [0.717, 1.165) is 10.6 Å². The number of nitrogens with zero attached hydrogens (tertiary/aromatic N) is 3. The minimum atomic E-state index is -0.496. The summed E-state index contributed by atoms with van der Waals surface area (Å²) in [7, 11) is 0. The normalized spacial score (nSPS) is 10.6. The lowest BCUT2D eigenvalue weighted by molar-refractivity contribution is -0.118. The van der Waals surface area contributed by atoms with Crippen LogP contribution in [0.1, 0.15) is 16.1 Å². The van der Waals surface area contributed by atoms with Crippen LogP contribution < -0.4 is 11.1 Å². The average Bonchev–Trinajstić information content (AvgIpc) is 3.24. The van der Waals surface area contributed by atoms with Crippen LogP contribution in [-0.4, -0.2) is 26.6 Å². The van der Waals surface area contributed by atoms with E-state index in [-0.39, 0.29) is 12.5 Å². The Kier molecular flexibility index (Phi) is 5.46. The molecular weight excluding hydrogens is 358 g/mol. The number of benzene rings is 1. The highest BCUT2D eigenvalue weighted by atomic mass is 32.2. The van der Waals surface area contributed by atoms with Gasteiger partial charge in [-0.05, 0) is 12.1 Å². The maximum atomic E-state index is 12.6. The predicted molar refractivity (Wildman–Crippen MR) is 97.5 cm³/mol. The number of primary amides is 1. The molecule has 0 aliphatic rings. The number of thiazole rings is 1. The molecule has 0 aliphatic heterocycles. The third kappa shape index (κ3) is 4.68. The fourth-order valence-electron chi connectivity index (χ4n) is 2.11. The largest absolute Gasteiger partial charge is 0.368 e. The van der Waals surface area contributed by atoms with E-state index in [1.165, 1.54) is 10.9 Å². The number of amides is 2. The molecule has 0 saturated heterocycles. The van der Waals surface area contributed by atoms with E-state index >= 15 is 0 Å². The first-order valence-electron chi connectivity index (χ1n) is 7.33. The van der Waals surface area contributed by atoms with Crippen LogP contribution in [0.4, 0.5) is 5.69 Å². The topological polar surface area (TPSA) is 103 Å². The zero-order chi connectivity index (χ0) is 17.6. The van der Waals surface area contributed by atoms with Crippen molar-refractivity contribution in [3.63, 3.8) is 0 Å². The number of hydrogen-bond donors (Lipinski definition) is 2. The third-order valence-electron chi connectivity index (χ3n) is 3.20. The summed E-state index contributed by atoms with van der Waals surface area (Å²) in [5, 5.41) is 8.76. The molecule has 9 heteroatoms. The fourth-order valence-corrected chi connectivity index (χ4v) is 3.73. The van der Waals surface area contributed by atoms with Crippen LogP contribution in [0.2, 0.25) is 0 Å². The highest BCUT2D eigenvalue weighted by Gasteiger charge is 2.13. The smallest absolute Gasteiger partial charge is 0.256 e. The first-order valence-corrected chi connectivity index (χ1v) is 9.25. The number of anilines is 1. The van der Waals surface area contributed by atoms with E-state index in [1.54, 1.807) is 40.9 Å². The van der Waals surface area contributed by atoms with Crippen LogP contribution >= 0.6 is 23.1 Å². The van der Waals surface area contributed by atoms with Gasteiger partial charge in [0.1, 0.15) is 6.54 Å². The van der Waals surface area contributed by atoms with Crippen LogP contribution in [0.15, 0.2) is 52.4 Å². The Hall–Kier alpha value is -2.65. The molecule has 7 nitrogen and oxygen atoms in total. The molecule has 2 heterocycles. The Bertz CT molecular complexity index is 876. The first kappa shape index (κ1) is 17.2. The van der Waals surface area contributed by atoms with Gasteiger partial charge in [0, 0.05) is 22.2 Å². The second kappa shape index (κ2) is 7.95. The molecule has 0 spiro atoms. The molecule has 0 aliphatic carbocycles. The van der Waals surface area contributed by atoms with Gasteiger partial charge in [-0.3, -0.25) is 14.3 Å². The first-order chi connectivity index (χ1) is 12.1. The number of rotatable bonds is 7. The van der Waals surface area contributed by atoms with Crippen molar-refractivity contribution in [2.24, 2.45) is 5.73 Å². The van der Waals surface area contributed by atoms with Gasteiger partial charge in [0.25, 0.3) is 5.91 Å². The summed E-state index contributed by atoms with van der Waals surface area (Å²) in [6.45, 7) is -0.0318. The number of thioether (sulfide) groups is 1. The number of carbonyl (C=O) groups is 2. The van der Waals surface area contributed by atoms with Crippen molar-refractivity contribution in [1.29, 1.82) is 0 Å². The maximum Gasteiger partial charge on any atom is 0.256 e. The molecule has 25 heavy (non-hydrogen) atoms. The van der Waals surface area contributed by atoms with Crippen molar-refractivity contribution in [3.05, 3.63) is 58.8 Å². The second-order valence-corrected chi connectivity index (χ2v) is 6.85. The molecule has 0 radical (unpaired) electrons. The second-order valence-electron chi connectivity index (χ2n) is 5.11. The minimum Gasteiger partial charge on any atom is -0.368 e. The van der Waals surface area contributed by atoms with E-state index in [9.17, 15) is 9.59 Å². The predicted octanol–water partition coefficient (Wildman–Crippen LogP) is 2.37. The third-order valence-corrected chi connectivity index (χ3v) is 4.94. The molecule has 2 aromatic heterocycles. The Labute approximate surface area is 152 Å². The van der Waals surface area contributed by atoms with Gasteiger partial charge in [0.15, 0.2) is 0 Å². The lowest BCUT2D eigenvalue weighted by Gasteiger charge is -2.08. The van der Waals surface area contributed by atoms with Crippen molar-refractivity contribution in [1.82, 2.24) is 14.8 Å². The van der Waals surface area contributed by atoms with Gasteiger partial charge in [-0.25, -0.2) is 4.98 Å². The van der Waals surface area contributed by atoms with Gasteiger partial charge < -0.3 is 11.1 Å². The number of nitrogens with one attached hydrogen (secondary N) is 1. The van der Waals surface area contributed by atoms with Gasteiger partial charge in [0.05, 0.1) is 28.7 Å². The van der Waals surface area contributed by atoms with Crippen LogP contribution in [-0.2, 0) is 17.1 Å². The minimum absolute atomic E-state index is 0.0318. The molecule has 3 rings (SSSR count). The maximum absolute atomic E-state index is 12.6. The van der Waals surface area contributed by atoms with Crippen molar-refractivity contribution in [3.8, 4) is 0 Å². The van der Waals surface area contributed by atoms with E-state index in [2.05, 4.69) is 15.4 Å². The molecule has 128 valence electrons. The number of nitrogens with two attached hydrogens (primary N) is 1. The molecule has 0 bridgehead atoms. The van der Waals surface area contributed by atoms with Crippen molar-refractivity contribution in [2.75, 3.05) is 5.32 Å². The standard InChI is InChI=1S/C16H15N5O2S2/c17-15(22)7-21-6-11(5-19-21)20-16(23)13-3-1-2-4-14(13)25-9-12-8-24-10-18-12/h1-6,8,10H,7,9H2,(H2,17,22)(H,20,23). The van der Waals surface area contributed by atoms with Crippen LogP contribution in [0.3, 0.4) is 0 Å². The molecule has 0 unspecified atom stereocenters. The van der Waals surface area contributed by atoms with Gasteiger partial charge in [-0.2, -0.15) is 5.10 Å². The van der Waals surface area contributed by atoms with Gasteiger partial charge in [0.2, 0.25) is 5.91 Å². The highest BCUT2D eigenvalue weighted by Crippen LogP contribution is 2.26. The van der Waals surface area contributed by atoms with E-state index < -0.39 is 5.91 Å². The molecule has 1 aromatic carbocycles. The molecule has 3 N–H and O–H groups in total. The molecule has 2 amide bonds. The molecule has 0 fully saturated rings. The van der Waals surface area contributed by atoms with E-state index in [0.29, 0.717) is 17.0 Å². The van der Waals surface area contributed by atoms with Gasteiger partial charge >= 0.3 is 0 Å². The highest BCUT2D eigenvalue weighted by molar-refractivity contribution is 7.98. The Morgan fingerprint density at radius 3 is 2.92 bits per heavy atom. The molecule has 0 atom stereocenters. The molecular formula is C16H15N5O2S2. The Morgan fingerprint density at radius 2 is 2.16 bits per heavy atom. The number of aromatic nitrogens is 3. The lowest BCUT2D eigenvalue weighted by atomic mass is 10.2. The van der Waals surface area contributed by atoms with Crippen LogP contribution in [0.25, 0.3) is 0 Å². The zero-order valence-electron chi connectivity index (χ0n) is 13.1. The zero-order valence-corrected chi connectivity index (χ0v) is 14.7. The summed E-state index contributed by atoms with van der Waals surface area (Å²) in [6, 6.07) is 7.39. The summed E-state index contributed by atoms with van der Waals surface area (Å²) in [5.41, 5.74) is 8.98. The Balaban J connectivity index is 1.69. The Morgan fingerprint density at radius 1 is 1.32 bits per heavy atom. The number of carbonyl (C=O) groups excluding carboxylic acids is 2. The summed E-state index contributed by atoms with van der Waals surface area (Å²) in [5.74, 6) is -0.0330. The molecule has 3 aromatic rings. The quantitative estimate of drug-likeness (QED) is 0.619. The van der Waals surface area contributed by atoms with Crippen LogP contribution in [0, 0.1) is 0 Å². The fraction of sp³-hybridized carbons (Fsp3) is 0.125. The van der Waals surface area contributed by atoms with Crippen molar-refractivity contribution in [2.45, 2.75) is 17.2 Å². The SMILES string of the molecule is NC(=O)Cn1cc(NC(=O)c2ccccc2SCc2cscn2)cn1. The van der Waals surface area contributed by atoms with Gasteiger partial charge in [-0.15, -0.1) is 23.1 Å². The van der Waals surface area contributed by atoms with Gasteiger partial charge in [-0.1, -0.05) is 12.1 Å². The molecule has 0 saturated carbocycles. The summed E-state index contributed by atoms with van der Waals surface area (Å²) in [6.07, 6.45) is 3.04. The van der Waals surface area contributed by atoms with Crippen molar-refractivity contribution < 1.29 is 9.59 Å². The average molecular weight is 373 g/mol. The van der Waals surface area contributed by atoms with Crippen molar-refractivity contribution >= 4 is 40.6 Å². The number of hydrogen-bond acceptors (Lipinski definition) is 6. The monoisotopic (exact) mass is 373 g/mol. The summed E-state index contributed by atoms with van der Waals surface area (Å²) in [4.78, 5) is 28.6. The van der Waals surface area contributed by atoms with E-state index in [1.807, 2.05) is 23.6 Å². The lowest BCUT2D eigenvalue weighted by Crippen LogP contribution is -2.18. The summed E-state index contributed by atoms with van der Waals surface area (Å²) < 4.78 is 1.38.